The van der Waals surface area contributed by atoms with Crippen LogP contribution in [0.1, 0.15) is 29.6 Å². The number of aromatic nitrogens is 1. The molecule has 0 saturated carbocycles. The predicted molar refractivity (Wildman–Crippen MR) is 68.7 cm³/mol. The number of hydrogen-bond acceptors (Lipinski definition) is 5. The van der Waals surface area contributed by atoms with E-state index >= 15 is 0 Å². The minimum atomic E-state index is -0.591. The molecular weight excluding hydrogens is 234 g/mol. The molecule has 0 bridgehead atoms. The molecule has 0 fully saturated rings. The van der Waals surface area contributed by atoms with Crippen LogP contribution in [0.3, 0.4) is 0 Å². The molecule has 18 heavy (non-hydrogen) atoms. The standard InChI is InChI=1S/C11H17N5O2/c12-8-6-16-10(5-7(8)11(14)18)15-4-2-1-3-9(13)17/h5-6H,1-4,12H2,(H2,13,17)(H2,14,18)(H,15,16). The summed E-state index contributed by atoms with van der Waals surface area (Å²) in [6, 6.07) is 1.51. The molecule has 98 valence electrons. The van der Waals surface area contributed by atoms with Gasteiger partial charge in [0.15, 0.2) is 0 Å². The first-order chi connectivity index (χ1) is 8.50. The maximum absolute atomic E-state index is 11.1. The van der Waals surface area contributed by atoms with E-state index in [-0.39, 0.29) is 17.2 Å². The molecule has 0 aliphatic rings. The normalized spacial score (nSPS) is 10.0. The number of carbonyl (C=O) groups excluding carboxylic acids is 2. The summed E-state index contributed by atoms with van der Waals surface area (Å²) in [5.41, 5.74) is 16.2. The Hall–Kier alpha value is -2.31. The third-order valence-corrected chi connectivity index (χ3v) is 2.36. The lowest BCUT2D eigenvalue weighted by molar-refractivity contribution is -0.118. The van der Waals surface area contributed by atoms with E-state index in [2.05, 4.69) is 10.3 Å². The Balaban J connectivity index is 2.45. The van der Waals surface area contributed by atoms with Crippen LogP contribution in [-0.2, 0) is 4.79 Å². The number of nitrogens with zero attached hydrogens (tertiary/aromatic N) is 1. The monoisotopic (exact) mass is 251 g/mol. The first-order valence-electron chi connectivity index (χ1n) is 5.58. The van der Waals surface area contributed by atoms with Crippen molar-refractivity contribution in [2.45, 2.75) is 19.3 Å². The van der Waals surface area contributed by atoms with Gasteiger partial charge in [0, 0.05) is 13.0 Å². The van der Waals surface area contributed by atoms with Crippen molar-refractivity contribution < 1.29 is 9.59 Å². The first kappa shape index (κ1) is 13.8. The van der Waals surface area contributed by atoms with Crippen LogP contribution < -0.4 is 22.5 Å². The molecule has 7 N–H and O–H groups in total. The fourth-order valence-electron chi connectivity index (χ4n) is 1.42. The topological polar surface area (TPSA) is 137 Å². The van der Waals surface area contributed by atoms with E-state index in [4.69, 9.17) is 17.2 Å². The summed E-state index contributed by atoms with van der Waals surface area (Å²) >= 11 is 0. The van der Waals surface area contributed by atoms with Gasteiger partial charge in [0.1, 0.15) is 5.82 Å². The highest BCUT2D eigenvalue weighted by Gasteiger charge is 2.07. The summed E-state index contributed by atoms with van der Waals surface area (Å²) in [7, 11) is 0. The highest BCUT2D eigenvalue weighted by Crippen LogP contribution is 2.14. The second-order valence-electron chi connectivity index (χ2n) is 3.87. The van der Waals surface area contributed by atoms with Crippen molar-refractivity contribution >= 4 is 23.3 Å². The summed E-state index contributed by atoms with van der Waals surface area (Å²) < 4.78 is 0. The molecule has 1 heterocycles. The smallest absolute Gasteiger partial charge is 0.250 e. The Labute approximate surface area is 105 Å². The largest absolute Gasteiger partial charge is 0.397 e. The molecular formula is C11H17N5O2. The minimum absolute atomic E-state index is 0.240. The molecule has 0 spiro atoms. The molecule has 0 aliphatic heterocycles. The van der Waals surface area contributed by atoms with Crippen LogP contribution in [-0.4, -0.2) is 23.3 Å². The molecule has 7 nitrogen and oxygen atoms in total. The van der Waals surface area contributed by atoms with Crippen LogP contribution in [0.15, 0.2) is 12.3 Å². The fourth-order valence-corrected chi connectivity index (χ4v) is 1.42. The van der Waals surface area contributed by atoms with Crippen LogP contribution in [0.5, 0.6) is 0 Å². The van der Waals surface area contributed by atoms with Gasteiger partial charge in [-0.25, -0.2) is 4.98 Å². The Morgan fingerprint density at radius 1 is 1.28 bits per heavy atom. The average molecular weight is 251 g/mol. The van der Waals surface area contributed by atoms with E-state index in [9.17, 15) is 9.59 Å². The van der Waals surface area contributed by atoms with Gasteiger partial charge in [-0.15, -0.1) is 0 Å². The summed E-state index contributed by atoms with van der Waals surface area (Å²) in [5.74, 6) is -0.375. The molecule has 7 heteroatoms. The van der Waals surface area contributed by atoms with Crippen LogP contribution in [0.2, 0.25) is 0 Å². The van der Waals surface area contributed by atoms with Crippen LogP contribution >= 0.6 is 0 Å². The van der Waals surface area contributed by atoms with Crippen LogP contribution in [0.25, 0.3) is 0 Å². The third kappa shape index (κ3) is 4.28. The van der Waals surface area contributed by atoms with Gasteiger partial charge in [-0.05, 0) is 18.9 Å². The second-order valence-corrected chi connectivity index (χ2v) is 3.87. The van der Waals surface area contributed by atoms with Gasteiger partial charge in [0.05, 0.1) is 17.4 Å². The van der Waals surface area contributed by atoms with Gasteiger partial charge >= 0.3 is 0 Å². The molecule has 0 unspecified atom stereocenters. The van der Waals surface area contributed by atoms with Gasteiger partial charge in [-0.1, -0.05) is 0 Å². The SMILES string of the molecule is NC(=O)CCCCNc1cc(C(N)=O)c(N)cn1. The quantitative estimate of drug-likeness (QED) is 0.498. The Kier molecular flexibility index (Phi) is 4.91. The van der Waals surface area contributed by atoms with E-state index in [1.54, 1.807) is 0 Å². The van der Waals surface area contributed by atoms with E-state index in [0.717, 1.165) is 6.42 Å². The van der Waals surface area contributed by atoms with Crippen molar-refractivity contribution in [3.05, 3.63) is 17.8 Å². The summed E-state index contributed by atoms with van der Waals surface area (Å²) in [5, 5.41) is 3.01. The van der Waals surface area contributed by atoms with Crippen LogP contribution in [0, 0.1) is 0 Å². The molecule has 0 saturated heterocycles. The zero-order chi connectivity index (χ0) is 13.5. The highest BCUT2D eigenvalue weighted by atomic mass is 16.1. The van der Waals surface area contributed by atoms with Gasteiger partial charge in [-0.3, -0.25) is 9.59 Å². The third-order valence-electron chi connectivity index (χ3n) is 2.36. The Bertz CT molecular complexity index is 447. The highest BCUT2D eigenvalue weighted by molar-refractivity contribution is 5.98. The molecule has 1 aromatic heterocycles. The van der Waals surface area contributed by atoms with E-state index in [1.807, 2.05) is 0 Å². The lowest BCUT2D eigenvalue weighted by Gasteiger charge is -2.07. The van der Waals surface area contributed by atoms with Crippen molar-refractivity contribution in [2.75, 3.05) is 17.6 Å². The number of nitrogens with two attached hydrogens (primary N) is 3. The lowest BCUT2D eigenvalue weighted by atomic mass is 10.2. The number of hydrogen-bond donors (Lipinski definition) is 4. The van der Waals surface area contributed by atoms with Gasteiger partial charge in [-0.2, -0.15) is 0 Å². The van der Waals surface area contributed by atoms with Crippen molar-refractivity contribution in [3.8, 4) is 0 Å². The van der Waals surface area contributed by atoms with Gasteiger partial charge in [0.25, 0.3) is 5.91 Å². The van der Waals surface area contributed by atoms with Gasteiger partial charge < -0.3 is 22.5 Å². The molecule has 0 atom stereocenters. The number of carbonyl (C=O) groups is 2. The maximum Gasteiger partial charge on any atom is 0.250 e. The summed E-state index contributed by atoms with van der Waals surface area (Å²) in [6.45, 7) is 0.627. The van der Waals surface area contributed by atoms with Crippen molar-refractivity contribution in [1.29, 1.82) is 0 Å². The van der Waals surface area contributed by atoms with Gasteiger partial charge in [0.2, 0.25) is 5.91 Å². The van der Waals surface area contributed by atoms with E-state index in [1.165, 1.54) is 12.3 Å². The molecule has 2 amide bonds. The Morgan fingerprint density at radius 3 is 2.61 bits per heavy atom. The maximum atomic E-state index is 11.1. The zero-order valence-electron chi connectivity index (χ0n) is 9.98. The molecule has 0 aromatic carbocycles. The zero-order valence-corrected chi connectivity index (χ0v) is 9.98. The molecule has 0 aliphatic carbocycles. The number of nitrogen functional groups attached to an aromatic ring is 1. The molecule has 0 radical (unpaired) electrons. The number of primary amides is 2. The van der Waals surface area contributed by atoms with E-state index in [0.29, 0.717) is 25.2 Å². The second kappa shape index (κ2) is 6.43. The van der Waals surface area contributed by atoms with Crippen LogP contribution in [0.4, 0.5) is 11.5 Å². The first-order valence-corrected chi connectivity index (χ1v) is 5.58. The number of anilines is 2. The Morgan fingerprint density at radius 2 is 2.00 bits per heavy atom. The predicted octanol–water partition coefficient (Wildman–Crippen LogP) is -0.170. The van der Waals surface area contributed by atoms with Crippen molar-refractivity contribution in [2.24, 2.45) is 11.5 Å². The lowest BCUT2D eigenvalue weighted by Crippen LogP contribution is -2.15. The number of pyridine rings is 1. The molecule has 1 aromatic rings. The number of unbranched alkanes of at least 4 members (excludes halogenated alkanes) is 1. The van der Waals surface area contributed by atoms with Crippen molar-refractivity contribution in [1.82, 2.24) is 4.98 Å². The van der Waals surface area contributed by atoms with Crippen molar-refractivity contribution in [3.63, 3.8) is 0 Å². The fraction of sp³-hybridized carbons (Fsp3) is 0.364. The number of amides is 2. The summed E-state index contributed by atoms with van der Waals surface area (Å²) in [4.78, 5) is 25.6. The number of rotatable bonds is 7. The van der Waals surface area contributed by atoms with E-state index < -0.39 is 5.91 Å². The summed E-state index contributed by atoms with van der Waals surface area (Å²) in [6.07, 6.45) is 3.23. The number of nitrogens with one attached hydrogen (secondary N) is 1. The minimum Gasteiger partial charge on any atom is -0.397 e. The molecule has 1 rings (SSSR count). The average Bonchev–Trinajstić information content (AvgIpc) is 2.30.